The summed E-state index contributed by atoms with van der Waals surface area (Å²) >= 11 is 9.06. The minimum Gasteiger partial charge on any atom is -0.453 e. The lowest BCUT2D eigenvalue weighted by molar-refractivity contribution is 0.401. The first-order valence-electron chi connectivity index (χ1n) is 5.25. The van der Waals surface area contributed by atoms with Crippen molar-refractivity contribution in [2.45, 2.75) is 12.5 Å². The van der Waals surface area contributed by atoms with Crippen LogP contribution < -0.4 is 11.3 Å². The molecule has 1 heterocycles. The number of nitrogens with one attached hydrogen (secondary N) is 1. The van der Waals surface area contributed by atoms with Crippen LogP contribution in [0.25, 0.3) is 0 Å². The highest BCUT2D eigenvalue weighted by Crippen LogP contribution is 2.25. The number of nitrogens with two attached hydrogens (primary N) is 1. The maximum absolute atomic E-state index is 13.6. The molecule has 0 spiro atoms. The van der Waals surface area contributed by atoms with Gasteiger partial charge in [-0.3, -0.25) is 5.84 Å². The van der Waals surface area contributed by atoms with E-state index in [2.05, 4.69) is 21.4 Å². The van der Waals surface area contributed by atoms with E-state index in [9.17, 15) is 4.39 Å². The summed E-state index contributed by atoms with van der Waals surface area (Å²) in [7, 11) is 0. The largest absolute Gasteiger partial charge is 0.453 e. The van der Waals surface area contributed by atoms with Crippen LogP contribution in [0.1, 0.15) is 17.4 Å². The molecule has 0 aliphatic rings. The quantitative estimate of drug-likeness (QED) is 0.664. The lowest BCUT2D eigenvalue weighted by Crippen LogP contribution is -2.29. The van der Waals surface area contributed by atoms with Gasteiger partial charge in [-0.1, -0.05) is 11.6 Å². The molecule has 0 amide bonds. The highest BCUT2D eigenvalue weighted by atomic mass is 79.9. The molecule has 1 unspecified atom stereocenters. The van der Waals surface area contributed by atoms with Crippen molar-refractivity contribution in [2.75, 3.05) is 0 Å². The standard InChI is InChI=1S/C12H11BrClFN2O/c13-12-4-3-11(18-12)10(17-16)6-7-5-8(14)1-2-9(7)15/h1-5,10,17H,6,16H2. The predicted octanol–water partition coefficient (Wildman–Crippen LogP) is 3.58. The van der Waals surface area contributed by atoms with Crippen molar-refractivity contribution in [1.82, 2.24) is 5.43 Å². The Morgan fingerprint density at radius 1 is 1.39 bits per heavy atom. The molecule has 1 atom stereocenters. The molecule has 1 aromatic carbocycles. The summed E-state index contributed by atoms with van der Waals surface area (Å²) < 4.78 is 19.6. The van der Waals surface area contributed by atoms with Crippen LogP contribution in [0.3, 0.4) is 0 Å². The van der Waals surface area contributed by atoms with Gasteiger partial charge in [-0.05, 0) is 58.2 Å². The molecule has 2 aromatic rings. The Morgan fingerprint density at radius 2 is 2.17 bits per heavy atom. The summed E-state index contributed by atoms with van der Waals surface area (Å²) in [5.74, 6) is 5.78. The van der Waals surface area contributed by atoms with Crippen LogP contribution in [-0.4, -0.2) is 0 Å². The van der Waals surface area contributed by atoms with E-state index >= 15 is 0 Å². The fourth-order valence-corrected chi connectivity index (χ4v) is 2.19. The van der Waals surface area contributed by atoms with E-state index in [0.29, 0.717) is 27.4 Å². The number of benzene rings is 1. The highest BCUT2D eigenvalue weighted by molar-refractivity contribution is 9.10. The summed E-state index contributed by atoms with van der Waals surface area (Å²) in [5.41, 5.74) is 3.09. The lowest BCUT2D eigenvalue weighted by atomic mass is 10.0. The first-order chi connectivity index (χ1) is 8.60. The third-order valence-corrected chi connectivity index (χ3v) is 3.23. The zero-order chi connectivity index (χ0) is 13.1. The Kier molecular flexibility index (Phi) is 4.40. The second-order valence-corrected chi connectivity index (χ2v) is 5.02. The Morgan fingerprint density at radius 3 is 2.78 bits per heavy atom. The molecule has 0 aliphatic carbocycles. The Bertz CT molecular complexity index is 547. The van der Waals surface area contributed by atoms with E-state index in [1.165, 1.54) is 12.1 Å². The number of hydrogen-bond acceptors (Lipinski definition) is 3. The summed E-state index contributed by atoms with van der Waals surface area (Å²) in [6.45, 7) is 0. The molecular formula is C12H11BrClFN2O. The topological polar surface area (TPSA) is 51.2 Å². The molecule has 18 heavy (non-hydrogen) atoms. The predicted molar refractivity (Wildman–Crippen MR) is 71.6 cm³/mol. The van der Waals surface area contributed by atoms with Crippen molar-refractivity contribution < 1.29 is 8.81 Å². The van der Waals surface area contributed by atoms with Crippen LogP contribution in [-0.2, 0) is 6.42 Å². The normalized spacial score (nSPS) is 12.7. The molecule has 3 nitrogen and oxygen atoms in total. The molecule has 0 fully saturated rings. The molecule has 6 heteroatoms. The summed E-state index contributed by atoms with van der Waals surface area (Å²) in [6.07, 6.45) is 0.350. The monoisotopic (exact) mass is 332 g/mol. The number of rotatable bonds is 4. The zero-order valence-corrected chi connectivity index (χ0v) is 11.6. The number of furan rings is 1. The van der Waals surface area contributed by atoms with Crippen molar-refractivity contribution in [3.05, 3.63) is 57.2 Å². The molecule has 1 aromatic heterocycles. The van der Waals surface area contributed by atoms with E-state index in [-0.39, 0.29) is 11.9 Å². The molecule has 0 saturated carbocycles. The summed E-state index contributed by atoms with van der Waals surface area (Å²) in [4.78, 5) is 0. The Hall–Kier alpha value is -0.880. The van der Waals surface area contributed by atoms with Gasteiger partial charge in [0.1, 0.15) is 11.6 Å². The summed E-state index contributed by atoms with van der Waals surface area (Å²) in [5, 5.41) is 0.489. The van der Waals surface area contributed by atoms with E-state index in [0.717, 1.165) is 0 Å². The molecule has 0 radical (unpaired) electrons. The van der Waals surface area contributed by atoms with Crippen LogP contribution >= 0.6 is 27.5 Å². The zero-order valence-electron chi connectivity index (χ0n) is 9.29. The third kappa shape index (κ3) is 3.11. The van der Waals surface area contributed by atoms with E-state index in [1.54, 1.807) is 18.2 Å². The van der Waals surface area contributed by atoms with Crippen molar-refractivity contribution in [2.24, 2.45) is 5.84 Å². The van der Waals surface area contributed by atoms with E-state index < -0.39 is 0 Å². The van der Waals surface area contributed by atoms with E-state index in [1.807, 2.05) is 0 Å². The van der Waals surface area contributed by atoms with E-state index in [4.69, 9.17) is 21.9 Å². The molecule has 96 valence electrons. The average molecular weight is 334 g/mol. The van der Waals surface area contributed by atoms with Gasteiger partial charge in [0.15, 0.2) is 4.67 Å². The van der Waals surface area contributed by atoms with Crippen LogP contribution in [0.5, 0.6) is 0 Å². The van der Waals surface area contributed by atoms with Gasteiger partial charge >= 0.3 is 0 Å². The first kappa shape index (κ1) is 13.5. The number of hydrazine groups is 1. The minimum atomic E-state index is -0.315. The first-order valence-corrected chi connectivity index (χ1v) is 6.42. The fourth-order valence-electron chi connectivity index (χ4n) is 1.68. The third-order valence-electron chi connectivity index (χ3n) is 2.57. The lowest BCUT2D eigenvalue weighted by Gasteiger charge is -2.14. The minimum absolute atomic E-state index is 0.315. The molecule has 0 saturated heterocycles. The molecule has 3 N–H and O–H groups in total. The molecule has 0 bridgehead atoms. The Balaban J connectivity index is 2.22. The molecular weight excluding hydrogens is 322 g/mol. The van der Waals surface area contributed by atoms with Crippen molar-refractivity contribution >= 4 is 27.5 Å². The van der Waals surface area contributed by atoms with Gasteiger partial charge in [0.05, 0.1) is 6.04 Å². The van der Waals surface area contributed by atoms with Gasteiger partial charge in [0, 0.05) is 5.02 Å². The van der Waals surface area contributed by atoms with Gasteiger partial charge in [-0.15, -0.1) is 0 Å². The van der Waals surface area contributed by atoms with Crippen LogP contribution in [0, 0.1) is 5.82 Å². The van der Waals surface area contributed by atoms with Crippen LogP contribution in [0.15, 0.2) is 39.4 Å². The van der Waals surface area contributed by atoms with Gasteiger partial charge in [0.25, 0.3) is 0 Å². The van der Waals surface area contributed by atoms with Gasteiger partial charge in [-0.2, -0.15) is 0 Å². The second-order valence-electron chi connectivity index (χ2n) is 3.80. The van der Waals surface area contributed by atoms with Crippen LogP contribution in [0.4, 0.5) is 4.39 Å². The number of hydrogen-bond donors (Lipinski definition) is 2. The van der Waals surface area contributed by atoms with Gasteiger partial charge in [0.2, 0.25) is 0 Å². The van der Waals surface area contributed by atoms with Crippen molar-refractivity contribution in [3.8, 4) is 0 Å². The maximum atomic E-state index is 13.6. The molecule has 0 aliphatic heterocycles. The number of halogens is 3. The summed E-state index contributed by atoms with van der Waals surface area (Å²) in [6, 6.07) is 7.65. The maximum Gasteiger partial charge on any atom is 0.169 e. The average Bonchev–Trinajstić information content (AvgIpc) is 2.77. The second kappa shape index (κ2) is 5.84. The molecule has 2 rings (SSSR count). The Labute approximate surface area is 117 Å². The fraction of sp³-hybridized carbons (Fsp3) is 0.167. The smallest absolute Gasteiger partial charge is 0.169 e. The van der Waals surface area contributed by atoms with Crippen molar-refractivity contribution in [3.63, 3.8) is 0 Å². The van der Waals surface area contributed by atoms with Gasteiger partial charge < -0.3 is 4.42 Å². The highest BCUT2D eigenvalue weighted by Gasteiger charge is 2.16. The SMILES string of the molecule is NNC(Cc1cc(Cl)ccc1F)c1ccc(Br)o1. The van der Waals surface area contributed by atoms with Gasteiger partial charge in [-0.25, -0.2) is 9.82 Å². The van der Waals surface area contributed by atoms with Crippen molar-refractivity contribution in [1.29, 1.82) is 0 Å². The van der Waals surface area contributed by atoms with Crippen LogP contribution in [0.2, 0.25) is 5.02 Å².